The van der Waals surface area contributed by atoms with E-state index in [1.807, 2.05) is 26.0 Å². The lowest BCUT2D eigenvalue weighted by Gasteiger charge is -2.17. The summed E-state index contributed by atoms with van der Waals surface area (Å²) in [4.78, 5) is 52.4. The molecule has 0 aliphatic rings. The molecule has 2 heterocycles. The zero-order valence-electron chi connectivity index (χ0n) is 22.2. The zero-order chi connectivity index (χ0) is 28.1. The van der Waals surface area contributed by atoms with Crippen molar-refractivity contribution in [1.29, 1.82) is 0 Å². The van der Waals surface area contributed by atoms with Crippen molar-refractivity contribution >= 4 is 28.4 Å². The van der Waals surface area contributed by atoms with Crippen LogP contribution in [0.25, 0.3) is 10.9 Å². The zero-order valence-corrected chi connectivity index (χ0v) is 22.2. The standard InChI is InChI=1S/C28H30N4O7/c1-17-7-8-21(18(2)12-17)30-26(34)16-32-22-14-24(38-4)23(37-3)13-20(22)27(35)31(28(32)36)10-9-25(33)29-15-19-6-5-11-39-19/h5-8,11-14H,9-10,15-16H2,1-4H3,(H,29,33)(H,30,34). The first kappa shape index (κ1) is 27.2. The molecule has 2 amide bonds. The van der Waals surface area contributed by atoms with E-state index in [-0.39, 0.29) is 48.6 Å². The van der Waals surface area contributed by atoms with E-state index in [0.29, 0.717) is 17.2 Å². The summed E-state index contributed by atoms with van der Waals surface area (Å²) < 4.78 is 18.0. The number of hydrogen-bond acceptors (Lipinski definition) is 7. The number of benzene rings is 2. The van der Waals surface area contributed by atoms with Gasteiger partial charge in [-0.05, 0) is 43.7 Å². The molecule has 4 aromatic rings. The molecule has 0 atom stereocenters. The van der Waals surface area contributed by atoms with E-state index in [0.717, 1.165) is 15.7 Å². The van der Waals surface area contributed by atoms with Gasteiger partial charge in [-0.25, -0.2) is 4.79 Å². The summed E-state index contributed by atoms with van der Waals surface area (Å²) in [5.74, 6) is 0.326. The van der Waals surface area contributed by atoms with Crippen LogP contribution in [-0.2, 0) is 29.2 Å². The Labute approximate surface area is 224 Å². The molecule has 0 saturated heterocycles. The molecule has 204 valence electrons. The smallest absolute Gasteiger partial charge is 0.331 e. The van der Waals surface area contributed by atoms with Gasteiger partial charge < -0.3 is 24.5 Å². The lowest BCUT2D eigenvalue weighted by Crippen LogP contribution is -2.42. The Morgan fingerprint density at radius 3 is 2.36 bits per heavy atom. The fourth-order valence-corrected chi connectivity index (χ4v) is 4.28. The van der Waals surface area contributed by atoms with Gasteiger partial charge >= 0.3 is 5.69 Å². The Bertz CT molecular complexity index is 1630. The second-order valence-electron chi connectivity index (χ2n) is 9.02. The molecule has 2 aromatic heterocycles. The number of nitrogens with one attached hydrogen (secondary N) is 2. The van der Waals surface area contributed by atoms with Crippen molar-refractivity contribution in [2.75, 3.05) is 19.5 Å². The highest BCUT2D eigenvalue weighted by molar-refractivity contribution is 5.92. The van der Waals surface area contributed by atoms with Gasteiger partial charge in [0.05, 0.1) is 37.9 Å². The number of methoxy groups -OCH3 is 2. The number of carbonyl (C=O) groups excluding carboxylic acids is 2. The largest absolute Gasteiger partial charge is 0.493 e. The van der Waals surface area contributed by atoms with Crippen molar-refractivity contribution in [1.82, 2.24) is 14.5 Å². The number of aryl methyl sites for hydroxylation is 2. The molecule has 2 aromatic carbocycles. The van der Waals surface area contributed by atoms with Crippen molar-refractivity contribution in [3.05, 3.63) is 86.5 Å². The topological polar surface area (TPSA) is 134 Å². The van der Waals surface area contributed by atoms with E-state index in [1.165, 1.54) is 37.2 Å². The van der Waals surface area contributed by atoms with E-state index in [9.17, 15) is 19.2 Å². The van der Waals surface area contributed by atoms with Crippen molar-refractivity contribution < 1.29 is 23.5 Å². The summed E-state index contributed by atoms with van der Waals surface area (Å²) in [6, 6.07) is 12.0. The molecule has 0 bridgehead atoms. The van der Waals surface area contributed by atoms with Crippen molar-refractivity contribution in [3.8, 4) is 11.5 Å². The number of rotatable bonds is 10. The van der Waals surface area contributed by atoms with Gasteiger partial charge in [0.2, 0.25) is 11.8 Å². The van der Waals surface area contributed by atoms with Crippen LogP contribution in [0.2, 0.25) is 0 Å². The first-order valence-corrected chi connectivity index (χ1v) is 12.3. The van der Waals surface area contributed by atoms with Gasteiger partial charge in [-0.3, -0.25) is 23.5 Å². The molecule has 0 aliphatic carbocycles. The van der Waals surface area contributed by atoms with Crippen LogP contribution >= 0.6 is 0 Å². The fourth-order valence-electron chi connectivity index (χ4n) is 4.28. The minimum atomic E-state index is -0.727. The quantitative estimate of drug-likeness (QED) is 0.320. The van der Waals surface area contributed by atoms with Crippen molar-refractivity contribution in [2.45, 2.75) is 39.9 Å². The summed E-state index contributed by atoms with van der Waals surface area (Å²) in [6.45, 7) is 3.44. The van der Waals surface area contributed by atoms with E-state index in [1.54, 1.807) is 18.2 Å². The summed E-state index contributed by atoms with van der Waals surface area (Å²) in [7, 11) is 2.86. The number of hydrogen-bond donors (Lipinski definition) is 2. The summed E-state index contributed by atoms with van der Waals surface area (Å²) in [5.41, 5.74) is 1.40. The first-order valence-electron chi connectivity index (χ1n) is 12.3. The Morgan fingerprint density at radius 2 is 1.69 bits per heavy atom. The Morgan fingerprint density at radius 1 is 0.949 bits per heavy atom. The Hall–Kier alpha value is -4.80. The lowest BCUT2D eigenvalue weighted by atomic mass is 10.1. The number of aromatic nitrogens is 2. The van der Waals surface area contributed by atoms with Crippen LogP contribution in [0.1, 0.15) is 23.3 Å². The van der Waals surface area contributed by atoms with Crippen LogP contribution in [0.15, 0.2) is 62.7 Å². The van der Waals surface area contributed by atoms with Crippen LogP contribution in [0.3, 0.4) is 0 Å². The molecule has 39 heavy (non-hydrogen) atoms. The number of anilines is 1. The molecule has 0 saturated carbocycles. The number of amides is 2. The average Bonchev–Trinajstić information content (AvgIpc) is 3.44. The predicted octanol–water partition coefficient (Wildman–Crippen LogP) is 2.74. The lowest BCUT2D eigenvalue weighted by molar-refractivity contribution is -0.121. The van der Waals surface area contributed by atoms with Crippen LogP contribution in [-0.4, -0.2) is 35.2 Å². The molecular formula is C28H30N4O7. The van der Waals surface area contributed by atoms with E-state index in [2.05, 4.69) is 10.6 Å². The summed E-state index contributed by atoms with van der Waals surface area (Å²) in [6.07, 6.45) is 1.36. The fraction of sp³-hybridized carbons (Fsp3) is 0.286. The molecule has 4 rings (SSSR count). The molecule has 0 aliphatic heterocycles. The third-order valence-corrected chi connectivity index (χ3v) is 6.29. The van der Waals surface area contributed by atoms with Gasteiger partial charge in [-0.2, -0.15) is 0 Å². The minimum absolute atomic E-state index is 0.136. The summed E-state index contributed by atoms with van der Waals surface area (Å²) in [5, 5.41) is 5.66. The number of furan rings is 1. The van der Waals surface area contributed by atoms with Gasteiger partial charge in [0.1, 0.15) is 12.3 Å². The highest BCUT2D eigenvalue weighted by Crippen LogP contribution is 2.30. The highest BCUT2D eigenvalue weighted by atomic mass is 16.5. The van der Waals surface area contributed by atoms with Crippen LogP contribution in [0.4, 0.5) is 5.69 Å². The van der Waals surface area contributed by atoms with E-state index >= 15 is 0 Å². The monoisotopic (exact) mass is 534 g/mol. The Balaban J connectivity index is 1.69. The number of ether oxygens (including phenoxy) is 2. The van der Waals surface area contributed by atoms with Crippen molar-refractivity contribution in [3.63, 3.8) is 0 Å². The molecule has 0 radical (unpaired) electrons. The van der Waals surface area contributed by atoms with Gasteiger partial charge in [-0.1, -0.05) is 17.7 Å². The minimum Gasteiger partial charge on any atom is -0.493 e. The first-order chi connectivity index (χ1) is 18.7. The number of carbonyl (C=O) groups is 2. The third kappa shape index (κ3) is 6.03. The van der Waals surface area contributed by atoms with Crippen LogP contribution in [0.5, 0.6) is 11.5 Å². The summed E-state index contributed by atoms with van der Waals surface area (Å²) >= 11 is 0. The molecular weight excluding hydrogens is 504 g/mol. The normalized spacial score (nSPS) is 10.9. The Kier molecular flexibility index (Phi) is 8.18. The van der Waals surface area contributed by atoms with Gasteiger partial charge in [0.15, 0.2) is 11.5 Å². The molecule has 11 nitrogen and oxygen atoms in total. The van der Waals surface area contributed by atoms with Crippen molar-refractivity contribution in [2.24, 2.45) is 0 Å². The molecule has 0 fully saturated rings. The van der Waals surface area contributed by atoms with Gasteiger partial charge in [0, 0.05) is 24.7 Å². The maximum atomic E-state index is 13.5. The van der Waals surface area contributed by atoms with E-state index in [4.69, 9.17) is 13.9 Å². The molecule has 2 N–H and O–H groups in total. The predicted molar refractivity (Wildman–Crippen MR) is 145 cm³/mol. The van der Waals surface area contributed by atoms with E-state index < -0.39 is 17.2 Å². The second kappa shape index (κ2) is 11.7. The number of nitrogens with zero attached hydrogens (tertiary/aromatic N) is 2. The number of fused-ring (bicyclic) bond motifs is 1. The molecule has 0 spiro atoms. The van der Waals surface area contributed by atoms with Crippen LogP contribution < -0.4 is 31.4 Å². The van der Waals surface area contributed by atoms with Crippen LogP contribution in [0, 0.1) is 13.8 Å². The van der Waals surface area contributed by atoms with Gasteiger partial charge in [-0.15, -0.1) is 0 Å². The maximum absolute atomic E-state index is 13.5. The third-order valence-electron chi connectivity index (χ3n) is 6.29. The SMILES string of the molecule is COc1cc2c(=O)n(CCC(=O)NCc3ccco3)c(=O)n(CC(=O)Nc3ccc(C)cc3C)c2cc1OC. The molecule has 0 unspecified atom stereocenters. The molecule has 11 heteroatoms. The average molecular weight is 535 g/mol. The second-order valence-corrected chi connectivity index (χ2v) is 9.02. The maximum Gasteiger partial charge on any atom is 0.331 e. The van der Waals surface area contributed by atoms with Gasteiger partial charge in [0.25, 0.3) is 5.56 Å². The highest BCUT2D eigenvalue weighted by Gasteiger charge is 2.19.